The van der Waals surface area contributed by atoms with Crippen LogP contribution in [0, 0.1) is 11.6 Å². The van der Waals surface area contributed by atoms with Crippen molar-refractivity contribution in [3.8, 4) is 23.0 Å². The average Bonchev–Trinajstić information content (AvgIpc) is 3.06. The highest BCUT2D eigenvalue weighted by molar-refractivity contribution is 9.10. The number of alkyl halides is 6. The first-order valence-electron chi connectivity index (χ1n) is 14.2. The number of amides is 1. The highest BCUT2D eigenvalue weighted by Gasteiger charge is 2.37. The highest BCUT2D eigenvalue weighted by atomic mass is 79.9. The predicted molar refractivity (Wildman–Crippen MR) is 181 cm³/mol. The molecule has 0 heterocycles. The zero-order chi connectivity index (χ0) is 41.6. The first kappa shape index (κ1) is 45.2. The summed E-state index contributed by atoms with van der Waals surface area (Å²) in [5.41, 5.74) is -3.52. The average molecular weight is 933 g/mol. The van der Waals surface area contributed by atoms with E-state index in [9.17, 15) is 66.7 Å². The molecule has 3 N–H and O–H groups in total. The van der Waals surface area contributed by atoms with Gasteiger partial charge in [-0.05, 0) is 64.5 Å². The summed E-state index contributed by atoms with van der Waals surface area (Å²) < 4.78 is 163. The predicted octanol–water partition coefficient (Wildman–Crippen LogP) is 8.66. The van der Waals surface area contributed by atoms with Crippen LogP contribution in [-0.2, 0) is 19.7 Å². The highest BCUT2D eigenvalue weighted by Crippen LogP contribution is 2.41. The number of carboxylic acids is 1. The summed E-state index contributed by atoms with van der Waals surface area (Å²) in [6.45, 7) is -1.11. The number of hydrogen-bond donors (Lipinski definition) is 3. The molecule has 4 aromatic carbocycles. The van der Waals surface area contributed by atoms with Gasteiger partial charge in [0, 0.05) is 28.7 Å². The number of aliphatic hydroxyl groups is 1. The molecule has 0 aromatic heterocycles. The molecule has 0 fully saturated rings. The largest absolute Gasteiger partial charge is 0.478 e. The minimum absolute atomic E-state index is 0.00137. The Bertz CT molecular complexity index is 2280. The number of halogens is 11. The Morgan fingerprint density at radius 1 is 0.727 bits per heavy atom. The number of carbonyl (C=O) groups is 2. The van der Waals surface area contributed by atoms with Gasteiger partial charge in [-0.2, -0.15) is 17.6 Å². The fraction of sp³-hybridized carbons (Fsp3) is 0.161. The number of sulfone groups is 2. The van der Waals surface area contributed by atoms with E-state index in [-0.39, 0.29) is 27.3 Å². The first-order chi connectivity index (χ1) is 25.5. The summed E-state index contributed by atoms with van der Waals surface area (Å²) in [5.74, 6) is -14.1. The quantitative estimate of drug-likeness (QED) is 0.110. The topological polar surface area (TPSA) is 173 Å². The lowest BCUT2D eigenvalue weighted by atomic mass is 10.1. The van der Waals surface area contributed by atoms with Gasteiger partial charge in [-0.15, -0.1) is 0 Å². The molecule has 0 saturated heterocycles. The van der Waals surface area contributed by atoms with E-state index in [0.717, 1.165) is 36.4 Å². The van der Waals surface area contributed by atoms with E-state index in [4.69, 9.17) is 37.8 Å². The van der Waals surface area contributed by atoms with Gasteiger partial charge in [0.2, 0.25) is 19.7 Å². The Morgan fingerprint density at radius 3 is 1.56 bits per heavy atom. The van der Waals surface area contributed by atoms with Gasteiger partial charge in [-0.25, -0.2) is 39.2 Å². The third-order valence-electron chi connectivity index (χ3n) is 6.50. The Hall–Kier alpha value is -4.22. The lowest BCUT2D eigenvalue weighted by Crippen LogP contribution is -2.30. The van der Waals surface area contributed by atoms with Crippen molar-refractivity contribution in [2.24, 2.45) is 0 Å². The smallest absolute Gasteiger partial charge is 0.341 e. The maximum Gasteiger partial charge on any atom is 0.341 e. The van der Waals surface area contributed by atoms with Crippen molar-refractivity contribution in [2.75, 3.05) is 13.2 Å². The molecule has 0 saturated carbocycles. The van der Waals surface area contributed by atoms with E-state index in [1.165, 1.54) is 6.07 Å². The number of aliphatic hydroxyl groups excluding tert-OH is 1. The van der Waals surface area contributed by atoms with E-state index >= 15 is 0 Å². The van der Waals surface area contributed by atoms with Crippen LogP contribution in [0.25, 0.3) is 0 Å². The molecule has 0 atom stereocenters. The summed E-state index contributed by atoms with van der Waals surface area (Å²) in [6.07, 6.45) is -3.55. The molecule has 0 aliphatic heterocycles. The van der Waals surface area contributed by atoms with Gasteiger partial charge >= 0.3 is 17.5 Å². The second-order valence-corrected chi connectivity index (χ2v) is 15.7. The Labute approximate surface area is 323 Å². The zero-order valence-corrected chi connectivity index (χ0v) is 31.3. The number of ether oxygens (including phenoxy) is 2. The second-order valence-electron chi connectivity index (χ2n) is 10.2. The van der Waals surface area contributed by atoms with Crippen molar-refractivity contribution in [3.05, 3.63) is 104 Å². The molecule has 1 amide bonds. The number of hydrogen-bond acceptors (Lipinski definition) is 9. The molecule has 0 radical (unpaired) electrons. The number of aromatic carboxylic acids is 1. The van der Waals surface area contributed by atoms with Gasteiger partial charge in [0.15, 0.2) is 0 Å². The number of carbonyl (C=O) groups excluding carboxylic acids is 1. The fourth-order valence-corrected chi connectivity index (χ4v) is 7.30. The van der Waals surface area contributed by atoms with Crippen LogP contribution >= 0.6 is 39.1 Å². The minimum Gasteiger partial charge on any atom is -0.478 e. The lowest BCUT2D eigenvalue weighted by Gasteiger charge is -2.18. The lowest BCUT2D eigenvalue weighted by molar-refractivity contribution is 0.0690. The van der Waals surface area contributed by atoms with E-state index in [1.54, 1.807) is 0 Å². The molecule has 0 aliphatic rings. The summed E-state index contributed by atoms with van der Waals surface area (Å²) >= 11 is 14.2. The third-order valence-corrected chi connectivity index (χ3v) is 10.6. The number of carboxylic acid groups (broad SMARTS) is 1. The monoisotopic (exact) mass is 931 g/mol. The molecule has 298 valence electrons. The maximum absolute atomic E-state index is 13.8. The van der Waals surface area contributed by atoms with E-state index in [0.29, 0.717) is 18.2 Å². The van der Waals surface area contributed by atoms with Crippen LogP contribution < -0.4 is 14.8 Å². The van der Waals surface area contributed by atoms with Gasteiger partial charge in [-0.3, -0.25) is 4.79 Å². The summed E-state index contributed by atoms with van der Waals surface area (Å²) in [6, 6.07) is 8.67. The molecule has 55 heavy (non-hydrogen) atoms. The van der Waals surface area contributed by atoms with Crippen LogP contribution in [-0.4, -0.2) is 63.6 Å². The van der Waals surface area contributed by atoms with Crippen molar-refractivity contribution in [3.63, 3.8) is 0 Å². The Morgan fingerprint density at radius 2 is 1.16 bits per heavy atom. The van der Waals surface area contributed by atoms with Crippen LogP contribution in [0.4, 0.5) is 35.1 Å². The molecular formula is C31H20BrCl2F8NO10S2. The van der Waals surface area contributed by atoms with Crippen molar-refractivity contribution in [1.29, 1.82) is 0 Å². The van der Waals surface area contributed by atoms with E-state index < -0.39 is 111 Å². The second kappa shape index (κ2) is 18.6. The van der Waals surface area contributed by atoms with Crippen LogP contribution in [0.2, 0.25) is 10.0 Å². The minimum atomic E-state index is -5.46. The van der Waals surface area contributed by atoms with E-state index in [1.807, 2.05) is 5.32 Å². The van der Waals surface area contributed by atoms with Gasteiger partial charge in [-0.1, -0.05) is 23.2 Å². The molecule has 4 aromatic rings. The SMILES string of the molecule is O=C(NCCO)c1c(S(=O)(=O)C(F)F)ccc(Oc2cc(F)cc(Cl)c2)c1C(F)F.O=C(O)c1c(S(=O)(=O)C(F)F)ccc(Oc2cc(F)cc(Cl)c2)c1Br. The summed E-state index contributed by atoms with van der Waals surface area (Å²) in [5, 5.41) is 19.8. The third kappa shape index (κ3) is 11.0. The fourth-order valence-electron chi connectivity index (χ4n) is 4.29. The van der Waals surface area contributed by atoms with Crippen molar-refractivity contribution >= 4 is 70.7 Å². The molecule has 0 bridgehead atoms. The molecular weight excluding hydrogens is 913 g/mol. The number of benzene rings is 4. The van der Waals surface area contributed by atoms with Crippen LogP contribution in [0.3, 0.4) is 0 Å². The van der Waals surface area contributed by atoms with Gasteiger partial charge in [0.1, 0.15) is 34.6 Å². The van der Waals surface area contributed by atoms with Crippen molar-refractivity contribution in [1.82, 2.24) is 5.32 Å². The van der Waals surface area contributed by atoms with Crippen molar-refractivity contribution in [2.45, 2.75) is 27.7 Å². The Balaban J connectivity index is 0.000000300. The Kier molecular flexibility index (Phi) is 15.3. The summed E-state index contributed by atoms with van der Waals surface area (Å²) in [4.78, 5) is 21.2. The van der Waals surface area contributed by atoms with E-state index in [2.05, 4.69) is 15.9 Å². The molecule has 0 aliphatic carbocycles. The van der Waals surface area contributed by atoms with Crippen LogP contribution in [0.15, 0.2) is 74.9 Å². The molecule has 24 heteroatoms. The standard InChI is InChI=1S/C17H13ClF5NO5S.C14H7BrClF3O5S/c18-8-5-9(19)7-10(6-8)29-11-1-2-12(30(27,28)17(22)23)14(13(11)15(20)21)16(26)24-3-4-25;15-12-9(24-8-4-6(16)3-7(17)5-8)1-2-10(11(12)13(20)21)25(22,23)14(18)19/h1-2,5-7,15,17,25H,3-4H2,(H,24,26);1-5,14H,(H,20,21). The molecule has 4 rings (SSSR count). The number of rotatable bonds is 13. The first-order valence-corrected chi connectivity index (χ1v) is 18.9. The summed E-state index contributed by atoms with van der Waals surface area (Å²) in [7, 11) is -10.6. The number of nitrogens with one attached hydrogen (secondary N) is 1. The maximum atomic E-state index is 13.8. The van der Waals surface area contributed by atoms with Crippen molar-refractivity contribution < 1.29 is 81.2 Å². The zero-order valence-electron chi connectivity index (χ0n) is 26.6. The van der Waals surface area contributed by atoms with Crippen LogP contribution in [0.5, 0.6) is 23.0 Å². The van der Waals surface area contributed by atoms with Gasteiger partial charge in [0.05, 0.1) is 37.6 Å². The van der Waals surface area contributed by atoms with Gasteiger partial charge in [0.25, 0.3) is 12.3 Å². The molecule has 11 nitrogen and oxygen atoms in total. The molecule has 0 spiro atoms. The van der Waals surface area contributed by atoms with Gasteiger partial charge < -0.3 is 25.0 Å². The molecule has 0 unspecified atom stereocenters. The normalized spacial score (nSPS) is 11.7. The van der Waals surface area contributed by atoms with Crippen LogP contribution in [0.1, 0.15) is 32.7 Å².